The molecular weight excluding hydrogens is 211 g/mol. The first kappa shape index (κ1) is 12.6. The lowest BCUT2D eigenvalue weighted by molar-refractivity contribution is 0.0853. The molecule has 0 heterocycles. The van der Waals surface area contributed by atoms with E-state index in [9.17, 15) is 9.18 Å². The van der Waals surface area contributed by atoms with E-state index in [0.29, 0.717) is 12.2 Å². The fourth-order valence-corrected chi connectivity index (χ4v) is 1.49. The molecule has 1 atom stereocenters. The van der Waals surface area contributed by atoms with Crippen molar-refractivity contribution in [2.45, 2.75) is 13.3 Å². The van der Waals surface area contributed by atoms with Crippen molar-refractivity contribution in [3.63, 3.8) is 0 Å². The Bertz CT molecular complexity index is 373. The zero-order valence-corrected chi connectivity index (χ0v) is 9.37. The van der Waals surface area contributed by atoms with Gasteiger partial charge in [0.25, 0.3) is 0 Å². The molecule has 0 aliphatic heterocycles. The molecule has 1 N–H and O–H groups in total. The van der Waals surface area contributed by atoms with Crippen LogP contribution in [0.4, 0.5) is 4.39 Å². The molecule has 0 radical (unpaired) electrons. The third kappa shape index (κ3) is 2.58. The molecule has 1 rings (SSSR count). The molecule has 0 aliphatic rings. The lowest BCUT2D eigenvalue weighted by Crippen LogP contribution is -2.18. The average Bonchev–Trinajstić information content (AvgIpc) is 2.30. The van der Waals surface area contributed by atoms with E-state index in [1.165, 1.54) is 19.2 Å². The summed E-state index contributed by atoms with van der Waals surface area (Å²) in [5.41, 5.74) is 0.184. The zero-order valence-electron chi connectivity index (χ0n) is 9.37. The van der Waals surface area contributed by atoms with E-state index >= 15 is 0 Å². The molecule has 3 nitrogen and oxygen atoms in total. The van der Waals surface area contributed by atoms with Gasteiger partial charge in [-0.1, -0.05) is 6.92 Å². The van der Waals surface area contributed by atoms with Gasteiger partial charge >= 0.3 is 0 Å². The van der Waals surface area contributed by atoms with Crippen LogP contribution in [-0.2, 0) is 0 Å². The molecule has 0 aliphatic carbocycles. The molecule has 0 saturated heterocycles. The van der Waals surface area contributed by atoms with Crippen molar-refractivity contribution >= 4 is 5.78 Å². The summed E-state index contributed by atoms with van der Waals surface area (Å²) < 4.78 is 18.0. The topological polar surface area (TPSA) is 46.5 Å². The Kier molecular flexibility index (Phi) is 4.43. The maximum atomic E-state index is 13.0. The monoisotopic (exact) mass is 226 g/mol. The molecule has 1 unspecified atom stereocenters. The van der Waals surface area contributed by atoms with E-state index in [1.807, 2.05) is 0 Å². The van der Waals surface area contributed by atoms with Gasteiger partial charge in [0.05, 0.1) is 19.3 Å². The molecule has 0 saturated carbocycles. The molecule has 1 aromatic carbocycles. The Morgan fingerprint density at radius 3 is 2.75 bits per heavy atom. The number of hydrogen-bond donors (Lipinski definition) is 1. The summed E-state index contributed by atoms with van der Waals surface area (Å²) >= 11 is 0. The number of ketones is 1. The first-order valence-corrected chi connectivity index (χ1v) is 5.12. The molecule has 1 aromatic rings. The van der Waals surface area contributed by atoms with Crippen LogP contribution in [0.2, 0.25) is 0 Å². The van der Waals surface area contributed by atoms with Crippen LogP contribution >= 0.6 is 0 Å². The van der Waals surface area contributed by atoms with E-state index in [2.05, 4.69) is 0 Å². The summed E-state index contributed by atoms with van der Waals surface area (Å²) in [6, 6.07) is 3.78. The van der Waals surface area contributed by atoms with Gasteiger partial charge in [0.2, 0.25) is 0 Å². The molecule has 88 valence electrons. The lowest BCUT2D eigenvalue weighted by atomic mass is 9.95. The highest BCUT2D eigenvalue weighted by Gasteiger charge is 2.21. The van der Waals surface area contributed by atoms with Gasteiger partial charge in [0.15, 0.2) is 5.78 Å². The number of methoxy groups -OCH3 is 1. The Balaban J connectivity index is 3.10. The van der Waals surface area contributed by atoms with Crippen molar-refractivity contribution < 1.29 is 19.0 Å². The quantitative estimate of drug-likeness (QED) is 0.781. The van der Waals surface area contributed by atoms with E-state index in [4.69, 9.17) is 9.84 Å². The maximum absolute atomic E-state index is 13.0. The summed E-state index contributed by atoms with van der Waals surface area (Å²) in [5, 5.41) is 9.04. The molecule has 16 heavy (non-hydrogen) atoms. The number of aliphatic hydroxyl groups excluding tert-OH is 1. The average molecular weight is 226 g/mol. The second-order valence-electron chi connectivity index (χ2n) is 3.50. The molecule has 4 heteroatoms. The first-order valence-electron chi connectivity index (χ1n) is 5.12. The first-order chi connectivity index (χ1) is 7.63. The highest BCUT2D eigenvalue weighted by molar-refractivity contribution is 6.00. The summed E-state index contributed by atoms with van der Waals surface area (Å²) in [5.74, 6) is -0.952. The number of halogens is 1. The number of hydrogen-bond acceptors (Lipinski definition) is 3. The predicted octanol–water partition coefficient (Wildman–Crippen LogP) is 2.04. The van der Waals surface area contributed by atoms with Crippen LogP contribution in [0.25, 0.3) is 0 Å². The molecule has 0 amide bonds. The minimum absolute atomic E-state index is 0.184. The van der Waals surface area contributed by atoms with Crippen molar-refractivity contribution in [3.8, 4) is 5.75 Å². The van der Waals surface area contributed by atoms with Crippen molar-refractivity contribution in [1.82, 2.24) is 0 Å². The third-order valence-corrected chi connectivity index (χ3v) is 2.51. The summed E-state index contributed by atoms with van der Waals surface area (Å²) in [4.78, 5) is 11.9. The van der Waals surface area contributed by atoms with Gasteiger partial charge in [-0.2, -0.15) is 0 Å². The minimum atomic E-state index is -0.504. The highest BCUT2D eigenvalue weighted by atomic mass is 19.1. The van der Waals surface area contributed by atoms with Gasteiger partial charge < -0.3 is 9.84 Å². The number of carbonyl (C=O) groups excluding carboxylic acids is 1. The summed E-state index contributed by atoms with van der Waals surface area (Å²) in [6.45, 7) is 1.56. The maximum Gasteiger partial charge on any atom is 0.172 e. The molecular formula is C12H15FO3. The number of rotatable bonds is 5. The standard InChI is InChI=1S/C12H15FO3/c1-3-8(7-14)12(15)10-6-9(13)4-5-11(10)16-2/h4-6,8,14H,3,7H2,1-2H3. The Morgan fingerprint density at radius 2 is 2.25 bits per heavy atom. The second-order valence-corrected chi connectivity index (χ2v) is 3.50. The minimum Gasteiger partial charge on any atom is -0.496 e. The summed E-state index contributed by atoms with van der Waals surface area (Å²) in [7, 11) is 1.42. The normalized spacial score (nSPS) is 12.2. The fourth-order valence-electron chi connectivity index (χ4n) is 1.49. The van der Waals surface area contributed by atoms with Crippen LogP contribution in [0.1, 0.15) is 23.7 Å². The smallest absolute Gasteiger partial charge is 0.172 e. The van der Waals surface area contributed by atoms with Gasteiger partial charge in [-0.15, -0.1) is 0 Å². The van der Waals surface area contributed by atoms with Gasteiger partial charge in [-0.05, 0) is 24.6 Å². The van der Waals surface area contributed by atoms with Crippen LogP contribution in [0, 0.1) is 11.7 Å². The van der Waals surface area contributed by atoms with Crippen LogP contribution in [0.3, 0.4) is 0 Å². The van der Waals surface area contributed by atoms with E-state index < -0.39 is 11.7 Å². The van der Waals surface area contributed by atoms with Gasteiger partial charge in [0.1, 0.15) is 11.6 Å². The van der Waals surface area contributed by atoms with Crippen molar-refractivity contribution in [2.24, 2.45) is 5.92 Å². The fraction of sp³-hybridized carbons (Fsp3) is 0.417. The number of Topliss-reactive ketones (excluding diaryl/α,β-unsaturated/α-hetero) is 1. The van der Waals surface area contributed by atoms with E-state index in [-0.39, 0.29) is 18.0 Å². The van der Waals surface area contributed by atoms with Crippen LogP contribution in [-0.4, -0.2) is 24.6 Å². The Morgan fingerprint density at radius 1 is 1.56 bits per heavy atom. The Labute approximate surface area is 93.9 Å². The number of carbonyl (C=O) groups is 1. The highest BCUT2D eigenvalue weighted by Crippen LogP contribution is 2.23. The lowest BCUT2D eigenvalue weighted by Gasteiger charge is -2.13. The third-order valence-electron chi connectivity index (χ3n) is 2.51. The SMILES string of the molecule is CCC(CO)C(=O)c1cc(F)ccc1OC. The summed E-state index contributed by atoms with van der Waals surface area (Å²) in [6.07, 6.45) is 0.509. The second kappa shape index (κ2) is 5.61. The van der Waals surface area contributed by atoms with Crippen LogP contribution in [0.15, 0.2) is 18.2 Å². The number of ether oxygens (including phenoxy) is 1. The molecule has 0 aromatic heterocycles. The predicted molar refractivity (Wildman–Crippen MR) is 58.1 cm³/mol. The van der Waals surface area contributed by atoms with E-state index in [1.54, 1.807) is 6.92 Å². The number of benzene rings is 1. The van der Waals surface area contributed by atoms with Gasteiger partial charge in [0, 0.05) is 5.92 Å². The van der Waals surface area contributed by atoms with Crippen LogP contribution < -0.4 is 4.74 Å². The largest absolute Gasteiger partial charge is 0.496 e. The van der Waals surface area contributed by atoms with Gasteiger partial charge in [-0.3, -0.25) is 4.79 Å². The zero-order chi connectivity index (χ0) is 12.1. The molecule has 0 bridgehead atoms. The van der Waals surface area contributed by atoms with E-state index in [0.717, 1.165) is 6.07 Å². The van der Waals surface area contributed by atoms with Crippen molar-refractivity contribution in [3.05, 3.63) is 29.6 Å². The van der Waals surface area contributed by atoms with Crippen molar-refractivity contribution in [1.29, 1.82) is 0 Å². The molecule has 0 spiro atoms. The Hall–Kier alpha value is -1.42. The van der Waals surface area contributed by atoms with Crippen LogP contribution in [0.5, 0.6) is 5.75 Å². The van der Waals surface area contributed by atoms with Gasteiger partial charge in [-0.25, -0.2) is 4.39 Å². The number of aliphatic hydroxyl groups is 1. The molecule has 0 fully saturated rings. The van der Waals surface area contributed by atoms with Crippen molar-refractivity contribution in [2.75, 3.05) is 13.7 Å².